The summed E-state index contributed by atoms with van der Waals surface area (Å²) in [4.78, 5) is 12.3. The number of carbonyl (C=O) groups excluding carboxylic acids is 1. The molecule has 0 saturated heterocycles. The molecule has 3 rings (SSSR count). The summed E-state index contributed by atoms with van der Waals surface area (Å²) in [7, 11) is 0. The third-order valence-electron chi connectivity index (χ3n) is 3.83. The summed E-state index contributed by atoms with van der Waals surface area (Å²) >= 11 is 0. The number of allylic oxidation sites excluding steroid dienone is 5. The lowest BCUT2D eigenvalue weighted by Crippen LogP contribution is -2.19. The predicted octanol–water partition coefficient (Wildman–Crippen LogP) is 5.18. The average Bonchev–Trinajstić information content (AvgIpc) is 2.62. The van der Waals surface area contributed by atoms with Crippen molar-refractivity contribution in [3.05, 3.63) is 102 Å². The molecule has 2 aromatic carbocycles. The van der Waals surface area contributed by atoms with E-state index >= 15 is 0 Å². The molecular weight excluding hydrogens is 287 g/mol. The molecule has 0 radical (unpaired) electrons. The summed E-state index contributed by atoms with van der Waals surface area (Å²) in [6.45, 7) is 0. The summed E-state index contributed by atoms with van der Waals surface area (Å²) in [5, 5.41) is 0. The smallest absolute Gasteiger partial charge is 0.192 e. The van der Waals surface area contributed by atoms with Crippen molar-refractivity contribution in [2.24, 2.45) is 0 Å². The Morgan fingerprint density at radius 1 is 1.00 bits per heavy atom. The van der Waals surface area contributed by atoms with Crippen molar-refractivity contribution in [2.45, 2.75) is 12.1 Å². The van der Waals surface area contributed by atoms with E-state index in [1.807, 2.05) is 48.5 Å². The van der Waals surface area contributed by atoms with Crippen LogP contribution in [0.5, 0.6) is 0 Å². The molecule has 1 aliphatic carbocycles. The maximum absolute atomic E-state index is 14.8. The molecule has 0 saturated carbocycles. The van der Waals surface area contributed by atoms with Crippen LogP contribution >= 0.6 is 0 Å². The molecule has 0 aromatic heterocycles. The average molecular weight is 304 g/mol. The Balaban J connectivity index is 1.72. The van der Waals surface area contributed by atoms with Crippen LogP contribution < -0.4 is 0 Å². The lowest BCUT2D eigenvalue weighted by molar-refractivity contribution is 0.103. The van der Waals surface area contributed by atoms with Crippen molar-refractivity contribution in [1.82, 2.24) is 0 Å². The topological polar surface area (TPSA) is 17.1 Å². The summed E-state index contributed by atoms with van der Waals surface area (Å²) in [6.07, 6.45) is 8.18. The molecule has 0 aliphatic heterocycles. The van der Waals surface area contributed by atoms with Gasteiger partial charge < -0.3 is 0 Å². The second-order valence-electron chi connectivity index (χ2n) is 5.56. The van der Waals surface area contributed by atoms with Crippen LogP contribution in [0.1, 0.15) is 22.3 Å². The molecule has 2 heteroatoms. The van der Waals surface area contributed by atoms with E-state index in [-0.39, 0.29) is 12.2 Å². The molecule has 1 aliphatic rings. The molecule has 0 heterocycles. The van der Waals surface area contributed by atoms with E-state index in [0.717, 1.165) is 5.56 Å². The SMILES string of the molecule is O=C(C1=CCC(F)(C=Cc2ccccc2)C=C1)c1ccccc1. The molecule has 0 N–H and O–H groups in total. The number of Topliss-reactive ketones (excluding diaryl/α,β-unsaturated/α-hetero) is 1. The molecule has 114 valence electrons. The fourth-order valence-electron chi connectivity index (χ4n) is 2.48. The number of rotatable bonds is 4. The summed E-state index contributed by atoms with van der Waals surface area (Å²) in [5.41, 5.74) is 0.566. The van der Waals surface area contributed by atoms with Gasteiger partial charge in [0.25, 0.3) is 0 Å². The van der Waals surface area contributed by atoms with Crippen LogP contribution in [0.4, 0.5) is 4.39 Å². The monoisotopic (exact) mass is 304 g/mol. The van der Waals surface area contributed by atoms with Gasteiger partial charge in [-0.2, -0.15) is 0 Å². The van der Waals surface area contributed by atoms with Gasteiger partial charge in [0.2, 0.25) is 0 Å². The van der Waals surface area contributed by atoms with E-state index in [1.54, 1.807) is 36.4 Å². The van der Waals surface area contributed by atoms with Crippen molar-refractivity contribution in [2.75, 3.05) is 0 Å². The van der Waals surface area contributed by atoms with E-state index in [4.69, 9.17) is 0 Å². The van der Waals surface area contributed by atoms with Gasteiger partial charge in [-0.25, -0.2) is 4.39 Å². The Morgan fingerprint density at radius 2 is 1.65 bits per heavy atom. The van der Waals surface area contributed by atoms with E-state index in [9.17, 15) is 9.18 Å². The van der Waals surface area contributed by atoms with Crippen LogP contribution in [0.25, 0.3) is 6.08 Å². The molecule has 23 heavy (non-hydrogen) atoms. The van der Waals surface area contributed by atoms with Gasteiger partial charge in [-0.3, -0.25) is 4.79 Å². The van der Waals surface area contributed by atoms with Gasteiger partial charge >= 0.3 is 0 Å². The van der Waals surface area contributed by atoms with Gasteiger partial charge in [0, 0.05) is 17.6 Å². The molecule has 1 nitrogen and oxygen atoms in total. The minimum absolute atomic E-state index is 0.0732. The summed E-state index contributed by atoms with van der Waals surface area (Å²) in [5.74, 6) is -0.0732. The van der Waals surface area contributed by atoms with Crippen molar-refractivity contribution < 1.29 is 9.18 Å². The van der Waals surface area contributed by atoms with Crippen molar-refractivity contribution in [3.8, 4) is 0 Å². The molecule has 1 atom stereocenters. The Hall–Kier alpha value is -2.74. The largest absolute Gasteiger partial charge is 0.289 e. The first-order valence-electron chi connectivity index (χ1n) is 7.59. The zero-order chi connectivity index (χ0) is 16.1. The quantitative estimate of drug-likeness (QED) is 0.712. The van der Waals surface area contributed by atoms with Gasteiger partial charge in [-0.05, 0) is 17.7 Å². The number of hydrogen-bond donors (Lipinski definition) is 0. The minimum atomic E-state index is -1.55. The second kappa shape index (κ2) is 6.57. The Bertz CT molecular complexity index is 772. The molecule has 1 unspecified atom stereocenters. The van der Waals surface area contributed by atoms with Crippen LogP contribution in [0.2, 0.25) is 0 Å². The van der Waals surface area contributed by atoms with Gasteiger partial charge in [-0.15, -0.1) is 0 Å². The minimum Gasteiger partial charge on any atom is -0.289 e. The van der Waals surface area contributed by atoms with Crippen molar-refractivity contribution >= 4 is 11.9 Å². The van der Waals surface area contributed by atoms with Crippen molar-refractivity contribution in [3.63, 3.8) is 0 Å². The maximum Gasteiger partial charge on any atom is 0.192 e. The van der Waals surface area contributed by atoms with E-state index in [0.29, 0.717) is 11.1 Å². The van der Waals surface area contributed by atoms with Gasteiger partial charge in [0.15, 0.2) is 11.5 Å². The number of halogens is 1. The number of benzene rings is 2. The first-order valence-corrected chi connectivity index (χ1v) is 7.59. The Kier molecular flexibility index (Phi) is 4.33. The molecule has 2 aromatic rings. The van der Waals surface area contributed by atoms with Gasteiger partial charge in [0.05, 0.1) is 0 Å². The molecule has 0 amide bonds. The van der Waals surface area contributed by atoms with Gasteiger partial charge in [-0.1, -0.05) is 78.9 Å². The second-order valence-corrected chi connectivity index (χ2v) is 5.56. The predicted molar refractivity (Wildman–Crippen MR) is 91.9 cm³/mol. The lowest BCUT2D eigenvalue weighted by Gasteiger charge is -2.20. The fraction of sp³-hybridized carbons (Fsp3) is 0.0952. The highest BCUT2D eigenvalue weighted by molar-refractivity contribution is 6.10. The third-order valence-corrected chi connectivity index (χ3v) is 3.83. The molecule has 0 bridgehead atoms. The third kappa shape index (κ3) is 3.72. The van der Waals surface area contributed by atoms with Crippen LogP contribution in [0, 0.1) is 0 Å². The van der Waals surface area contributed by atoms with Crippen LogP contribution in [0.15, 0.2) is 90.5 Å². The number of hydrogen-bond acceptors (Lipinski definition) is 1. The fourth-order valence-corrected chi connectivity index (χ4v) is 2.48. The highest BCUT2D eigenvalue weighted by Gasteiger charge is 2.26. The molecular formula is C21H17FO. The van der Waals surface area contributed by atoms with E-state index in [1.165, 1.54) is 6.08 Å². The van der Waals surface area contributed by atoms with Crippen molar-refractivity contribution in [1.29, 1.82) is 0 Å². The Labute approximate surface area is 135 Å². The van der Waals surface area contributed by atoms with Gasteiger partial charge in [0.1, 0.15) is 0 Å². The maximum atomic E-state index is 14.8. The zero-order valence-corrected chi connectivity index (χ0v) is 12.7. The van der Waals surface area contributed by atoms with Crippen LogP contribution in [0.3, 0.4) is 0 Å². The summed E-state index contributed by atoms with van der Waals surface area (Å²) in [6, 6.07) is 18.6. The van der Waals surface area contributed by atoms with E-state index in [2.05, 4.69) is 0 Å². The number of ketones is 1. The zero-order valence-electron chi connectivity index (χ0n) is 12.7. The Morgan fingerprint density at radius 3 is 2.26 bits per heavy atom. The number of carbonyl (C=O) groups is 1. The van der Waals surface area contributed by atoms with E-state index < -0.39 is 5.67 Å². The first kappa shape index (κ1) is 15.2. The number of alkyl halides is 1. The normalized spacial score (nSPS) is 20.5. The first-order chi connectivity index (χ1) is 11.2. The van der Waals surface area contributed by atoms with Crippen LogP contribution in [-0.4, -0.2) is 11.5 Å². The standard InChI is InChI=1S/C21H17FO/c22-21(14-11-17-7-3-1-4-8-17)15-12-19(13-16-21)20(23)18-9-5-2-6-10-18/h1-15H,16H2. The highest BCUT2D eigenvalue weighted by atomic mass is 19.1. The molecule has 0 spiro atoms. The summed E-state index contributed by atoms with van der Waals surface area (Å²) < 4.78 is 14.8. The molecule has 0 fully saturated rings. The van der Waals surface area contributed by atoms with Crippen LogP contribution in [-0.2, 0) is 0 Å². The lowest BCUT2D eigenvalue weighted by atomic mass is 9.90. The highest BCUT2D eigenvalue weighted by Crippen LogP contribution is 2.28.